The number of likely N-dealkylation sites (tertiary alicyclic amines) is 1. The van der Waals surface area contributed by atoms with Crippen LogP contribution < -0.4 is 10.1 Å². The summed E-state index contributed by atoms with van der Waals surface area (Å²) in [5.74, 6) is 2.33. The van der Waals surface area contributed by atoms with E-state index in [1.807, 2.05) is 50.2 Å². The lowest BCUT2D eigenvalue weighted by molar-refractivity contribution is 0.0935. The van der Waals surface area contributed by atoms with Crippen LogP contribution in [-0.2, 0) is 5.75 Å². The second-order valence-corrected chi connectivity index (χ2v) is 9.35. The van der Waals surface area contributed by atoms with Crippen LogP contribution in [0.2, 0.25) is 0 Å². The summed E-state index contributed by atoms with van der Waals surface area (Å²) < 4.78 is 10.7. The molecule has 1 unspecified atom stereocenters. The molecule has 7 heteroatoms. The van der Waals surface area contributed by atoms with Gasteiger partial charge in [0.25, 0.3) is 5.91 Å². The fraction of sp³-hybridized carbons (Fsp3) is 0.385. The summed E-state index contributed by atoms with van der Waals surface area (Å²) in [5, 5.41) is 7.24. The Labute approximate surface area is 199 Å². The van der Waals surface area contributed by atoms with Crippen molar-refractivity contribution in [2.24, 2.45) is 0 Å². The van der Waals surface area contributed by atoms with Gasteiger partial charge in [0.05, 0.1) is 24.4 Å². The first-order valence-corrected chi connectivity index (χ1v) is 12.3. The molecule has 4 rings (SSSR count). The van der Waals surface area contributed by atoms with Crippen LogP contribution in [-0.4, -0.2) is 42.7 Å². The summed E-state index contributed by atoms with van der Waals surface area (Å²) in [6.07, 6.45) is 2.38. The molecule has 1 saturated heterocycles. The quantitative estimate of drug-likeness (QED) is 0.440. The lowest BCUT2D eigenvalue weighted by Gasteiger charge is -2.28. The summed E-state index contributed by atoms with van der Waals surface area (Å²) in [6.45, 7) is 6.51. The van der Waals surface area contributed by atoms with Crippen molar-refractivity contribution in [1.82, 2.24) is 15.4 Å². The molecule has 1 aromatic heterocycles. The van der Waals surface area contributed by atoms with Crippen LogP contribution >= 0.6 is 11.8 Å². The molecule has 1 N–H and O–H groups in total. The highest BCUT2D eigenvalue weighted by Crippen LogP contribution is 2.30. The summed E-state index contributed by atoms with van der Waals surface area (Å²) in [7, 11) is 1.68. The van der Waals surface area contributed by atoms with Gasteiger partial charge < -0.3 is 14.6 Å². The number of ether oxygens (including phenoxy) is 1. The third kappa shape index (κ3) is 5.60. The molecule has 2 aromatic carbocycles. The molecule has 6 nitrogen and oxygen atoms in total. The highest BCUT2D eigenvalue weighted by Gasteiger charge is 2.25. The van der Waals surface area contributed by atoms with Gasteiger partial charge in [-0.3, -0.25) is 9.69 Å². The number of nitrogens with zero attached hydrogens (tertiary/aromatic N) is 2. The van der Waals surface area contributed by atoms with Gasteiger partial charge in [0.1, 0.15) is 11.5 Å². The zero-order valence-electron chi connectivity index (χ0n) is 19.5. The molecule has 1 fully saturated rings. The Kier molecular flexibility index (Phi) is 7.73. The fourth-order valence-electron chi connectivity index (χ4n) is 4.28. The van der Waals surface area contributed by atoms with Crippen molar-refractivity contribution in [1.29, 1.82) is 0 Å². The van der Waals surface area contributed by atoms with E-state index in [0.29, 0.717) is 17.9 Å². The van der Waals surface area contributed by atoms with Crippen molar-refractivity contribution in [3.8, 4) is 5.75 Å². The van der Waals surface area contributed by atoms with Gasteiger partial charge in [-0.05, 0) is 69.6 Å². The minimum Gasteiger partial charge on any atom is -0.497 e. The first-order chi connectivity index (χ1) is 16.1. The number of methoxy groups -OCH3 is 1. The second kappa shape index (κ2) is 10.9. The maximum Gasteiger partial charge on any atom is 0.252 e. The minimum atomic E-state index is -0.0519. The van der Waals surface area contributed by atoms with Crippen molar-refractivity contribution in [2.75, 3.05) is 26.7 Å². The third-order valence-electron chi connectivity index (χ3n) is 6.20. The Balaban J connectivity index is 1.47. The highest BCUT2D eigenvalue weighted by molar-refractivity contribution is 7.98. The van der Waals surface area contributed by atoms with E-state index >= 15 is 0 Å². The number of carbonyl (C=O) groups is 1. The predicted octanol–water partition coefficient (Wildman–Crippen LogP) is 5.16. The van der Waals surface area contributed by atoms with Gasteiger partial charge >= 0.3 is 0 Å². The standard InChI is InChI=1S/C26H31N3O3S/c1-18-23(19(2)32-28-18)17-33-25-12-5-4-11-22(25)26(30)27-16-24(29-13-6-7-14-29)20-9-8-10-21(15-20)31-3/h4-5,8-12,15,24H,6-7,13-14,16-17H2,1-3H3,(H,27,30). The molecule has 0 aliphatic carbocycles. The van der Waals surface area contributed by atoms with E-state index in [0.717, 1.165) is 46.3 Å². The lowest BCUT2D eigenvalue weighted by Crippen LogP contribution is -2.37. The molecule has 0 saturated carbocycles. The Morgan fingerprint density at radius 3 is 2.70 bits per heavy atom. The Bertz CT molecular complexity index is 1070. The molecule has 0 spiro atoms. The molecule has 1 amide bonds. The summed E-state index contributed by atoms with van der Waals surface area (Å²) in [5.41, 5.74) is 3.84. The molecule has 1 atom stereocenters. The fourth-order valence-corrected chi connectivity index (χ4v) is 5.49. The van der Waals surface area contributed by atoms with Gasteiger partial charge in [0, 0.05) is 22.8 Å². The number of benzene rings is 2. The highest BCUT2D eigenvalue weighted by atomic mass is 32.2. The molecular formula is C26H31N3O3S. The average Bonchev–Trinajstić information content (AvgIpc) is 3.48. The molecule has 1 aliphatic heterocycles. The van der Waals surface area contributed by atoms with E-state index < -0.39 is 0 Å². The Hall–Kier alpha value is -2.77. The number of nitrogens with one attached hydrogen (secondary N) is 1. The van der Waals surface area contributed by atoms with Crippen LogP contribution in [0.15, 0.2) is 57.9 Å². The van der Waals surface area contributed by atoms with Gasteiger partial charge in [0.15, 0.2) is 0 Å². The van der Waals surface area contributed by atoms with Gasteiger partial charge in [-0.1, -0.05) is 29.4 Å². The number of aromatic nitrogens is 1. The van der Waals surface area contributed by atoms with E-state index in [9.17, 15) is 4.79 Å². The second-order valence-electron chi connectivity index (χ2n) is 8.33. The molecule has 0 radical (unpaired) electrons. The van der Waals surface area contributed by atoms with Crippen molar-refractivity contribution < 1.29 is 14.1 Å². The average molecular weight is 466 g/mol. The maximum absolute atomic E-state index is 13.2. The number of thioether (sulfide) groups is 1. The van der Waals surface area contributed by atoms with Crippen LogP contribution in [0.1, 0.15) is 51.8 Å². The normalized spacial score (nSPS) is 14.9. The van der Waals surface area contributed by atoms with E-state index in [2.05, 4.69) is 27.5 Å². The number of hydrogen-bond acceptors (Lipinski definition) is 6. The lowest BCUT2D eigenvalue weighted by atomic mass is 10.0. The van der Waals surface area contributed by atoms with Gasteiger partial charge in [-0.15, -0.1) is 11.8 Å². The van der Waals surface area contributed by atoms with E-state index in [1.54, 1.807) is 18.9 Å². The van der Waals surface area contributed by atoms with Gasteiger partial charge in [-0.2, -0.15) is 0 Å². The van der Waals surface area contributed by atoms with E-state index in [4.69, 9.17) is 9.26 Å². The molecule has 174 valence electrons. The number of amides is 1. The third-order valence-corrected chi connectivity index (χ3v) is 7.30. The first-order valence-electron chi connectivity index (χ1n) is 11.4. The minimum absolute atomic E-state index is 0.0519. The molecule has 0 bridgehead atoms. The van der Waals surface area contributed by atoms with Gasteiger partial charge in [0.2, 0.25) is 0 Å². The van der Waals surface area contributed by atoms with Crippen LogP contribution in [0.4, 0.5) is 0 Å². The largest absolute Gasteiger partial charge is 0.497 e. The van der Waals surface area contributed by atoms with Crippen LogP contribution in [0.5, 0.6) is 5.75 Å². The Morgan fingerprint density at radius 1 is 1.18 bits per heavy atom. The SMILES string of the molecule is COc1cccc(C(CNC(=O)c2ccccc2SCc2c(C)noc2C)N2CCCC2)c1. The first kappa shape index (κ1) is 23.4. The summed E-state index contributed by atoms with van der Waals surface area (Å²) >= 11 is 1.63. The number of hydrogen-bond donors (Lipinski definition) is 1. The predicted molar refractivity (Wildman–Crippen MR) is 131 cm³/mol. The van der Waals surface area contributed by atoms with Crippen LogP contribution in [0.25, 0.3) is 0 Å². The monoisotopic (exact) mass is 465 g/mol. The van der Waals surface area contributed by atoms with Crippen molar-refractivity contribution >= 4 is 17.7 Å². The molecule has 3 aromatic rings. The Morgan fingerprint density at radius 2 is 1.97 bits per heavy atom. The van der Waals surface area contributed by atoms with Crippen LogP contribution in [0, 0.1) is 13.8 Å². The molecule has 2 heterocycles. The summed E-state index contributed by atoms with van der Waals surface area (Å²) in [6, 6.07) is 16.0. The van der Waals surface area contributed by atoms with E-state index in [1.165, 1.54) is 12.8 Å². The topological polar surface area (TPSA) is 67.6 Å². The number of rotatable bonds is 9. The van der Waals surface area contributed by atoms with Crippen molar-refractivity contribution in [2.45, 2.75) is 43.4 Å². The summed E-state index contributed by atoms with van der Waals surface area (Å²) in [4.78, 5) is 16.6. The van der Waals surface area contributed by atoms with Gasteiger partial charge in [-0.25, -0.2) is 0 Å². The zero-order chi connectivity index (χ0) is 23.2. The number of carbonyl (C=O) groups excluding carboxylic acids is 1. The molecule has 33 heavy (non-hydrogen) atoms. The van der Waals surface area contributed by atoms with Crippen molar-refractivity contribution in [3.05, 3.63) is 76.7 Å². The molecular weight excluding hydrogens is 434 g/mol. The van der Waals surface area contributed by atoms with E-state index in [-0.39, 0.29) is 11.9 Å². The smallest absolute Gasteiger partial charge is 0.252 e. The molecule has 1 aliphatic rings. The van der Waals surface area contributed by atoms with Crippen LogP contribution in [0.3, 0.4) is 0 Å². The van der Waals surface area contributed by atoms with Crippen molar-refractivity contribution in [3.63, 3.8) is 0 Å². The number of aryl methyl sites for hydroxylation is 2. The zero-order valence-corrected chi connectivity index (χ0v) is 20.3. The maximum atomic E-state index is 13.2.